The number of amides is 2. The van der Waals surface area contributed by atoms with Crippen LogP contribution in [0.25, 0.3) is 0 Å². The van der Waals surface area contributed by atoms with Crippen LogP contribution < -0.4 is 0 Å². The Morgan fingerprint density at radius 1 is 0.885 bits per heavy atom. The van der Waals surface area contributed by atoms with Crippen molar-refractivity contribution in [2.24, 2.45) is 5.92 Å². The first kappa shape index (κ1) is 17.3. The fraction of sp³-hybridized carbons (Fsp3) is 0.429. The van der Waals surface area contributed by atoms with Gasteiger partial charge in [0.2, 0.25) is 5.91 Å². The van der Waals surface area contributed by atoms with Crippen LogP contribution in [0.3, 0.4) is 0 Å². The topological polar surface area (TPSA) is 40.6 Å². The quantitative estimate of drug-likeness (QED) is 0.830. The van der Waals surface area contributed by atoms with Crippen LogP contribution in [0, 0.1) is 5.92 Å². The lowest BCUT2D eigenvalue weighted by molar-refractivity contribution is -0.136. The van der Waals surface area contributed by atoms with E-state index in [4.69, 9.17) is 0 Å². The lowest BCUT2D eigenvalue weighted by Crippen LogP contribution is -2.42. The minimum absolute atomic E-state index is 0.0508. The number of carbonyl (C=O) groups is 2. The summed E-state index contributed by atoms with van der Waals surface area (Å²) in [5, 5.41) is 1.92. The van der Waals surface area contributed by atoms with E-state index in [0.717, 1.165) is 36.4 Å². The average molecular weight is 369 g/mol. The van der Waals surface area contributed by atoms with E-state index >= 15 is 0 Å². The van der Waals surface area contributed by atoms with Gasteiger partial charge < -0.3 is 9.80 Å². The monoisotopic (exact) mass is 368 g/mol. The lowest BCUT2D eigenvalue weighted by Gasteiger charge is -2.30. The Labute approximate surface area is 158 Å². The Morgan fingerprint density at radius 2 is 1.65 bits per heavy atom. The summed E-state index contributed by atoms with van der Waals surface area (Å²) in [7, 11) is 0. The molecule has 4 rings (SSSR count). The van der Waals surface area contributed by atoms with E-state index in [9.17, 15) is 9.59 Å². The van der Waals surface area contributed by atoms with Gasteiger partial charge in [-0.2, -0.15) is 0 Å². The third-order valence-corrected chi connectivity index (χ3v) is 6.41. The van der Waals surface area contributed by atoms with Gasteiger partial charge in [-0.25, -0.2) is 0 Å². The molecule has 0 aliphatic carbocycles. The molecule has 1 aromatic carbocycles. The summed E-state index contributed by atoms with van der Waals surface area (Å²) in [6, 6.07) is 14.0. The van der Waals surface area contributed by atoms with Crippen molar-refractivity contribution in [2.45, 2.75) is 25.2 Å². The molecule has 2 aliphatic rings. The maximum Gasteiger partial charge on any atom is 0.263 e. The molecule has 2 fully saturated rings. The molecule has 0 spiro atoms. The van der Waals surface area contributed by atoms with Gasteiger partial charge in [-0.3, -0.25) is 9.59 Å². The van der Waals surface area contributed by atoms with Crippen molar-refractivity contribution in [1.82, 2.24) is 9.80 Å². The fourth-order valence-electron chi connectivity index (χ4n) is 4.16. The first-order chi connectivity index (χ1) is 12.7. The number of hydrogen-bond acceptors (Lipinski definition) is 3. The number of nitrogens with zero attached hydrogens (tertiary/aromatic N) is 2. The second-order valence-electron chi connectivity index (χ2n) is 7.20. The molecule has 0 saturated carbocycles. The van der Waals surface area contributed by atoms with Crippen LogP contribution in [0.2, 0.25) is 0 Å². The molecular weight excluding hydrogens is 344 g/mol. The standard InChI is InChI=1S/C21H24N2O2S/c24-20(22-11-5-2-6-12-22)18-15-23(21(25)19-10-7-13-26-19)14-17(18)16-8-3-1-4-9-16/h1,3-4,7-10,13,17-18H,2,5-6,11-12,14-15H2. The van der Waals surface area contributed by atoms with Crippen molar-refractivity contribution in [3.63, 3.8) is 0 Å². The van der Waals surface area contributed by atoms with Gasteiger partial charge in [0.05, 0.1) is 10.8 Å². The molecule has 136 valence electrons. The van der Waals surface area contributed by atoms with Gasteiger partial charge in [-0.15, -0.1) is 11.3 Å². The minimum Gasteiger partial charge on any atom is -0.342 e. The molecule has 1 aromatic heterocycles. The zero-order valence-corrected chi connectivity index (χ0v) is 15.7. The van der Waals surface area contributed by atoms with Gasteiger partial charge in [0, 0.05) is 32.1 Å². The summed E-state index contributed by atoms with van der Waals surface area (Å²) in [5.41, 5.74) is 1.16. The van der Waals surface area contributed by atoms with Gasteiger partial charge in [-0.05, 0) is 36.3 Å². The predicted molar refractivity (Wildman–Crippen MR) is 103 cm³/mol. The van der Waals surface area contributed by atoms with Gasteiger partial charge in [0.15, 0.2) is 0 Å². The van der Waals surface area contributed by atoms with Gasteiger partial charge in [0.1, 0.15) is 0 Å². The van der Waals surface area contributed by atoms with Crippen molar-refractivity contribution >= 4 is 23.2 Å². The molecule has 2 unspecified atom stereocenters. The molecule has 5 heteroatoms. The highest BCUT2D eigenvalue weighted by molar-refractivity contribution is 7.12. The van der Waals surface area contributed by atoms with E-state index in [-0.39, 0.29) is 23.7 Å². The number of carbonyl (C=O) groups excluding carboxylic acids is 2. The maximum atomic E-state index is 13.2. The molecule has 2 amide bonds. The number of thiophene rings is 1. The third-order valence-electron chi connectivity index (χ3n) is 5.55. The normalized spacial score (nSPS) is 23.2. The molecule has 3 heterocycles. The van der Waals surface area contributed by atoms with Crippen molar-refractivity contribution in [2.75, 3.05) is 26.2 Å². The summed E-state index contributed by atoms with van der Waals surface area (Å²) in [4.78, 5) is 30.7. The summed E-state index contributed by atoms with van der Waals surface area (Å²) < 4.78 is 0. The van der Waals surface area contributed by atoms with E-state index in [1.165, 1.54) is 17.8 Å². The van der Waals surface area contributed by atoms with E-state index in [1.807, 2.05) is 45.5 Å². The van der Waals surface area contributed by atoms with Crippen LogP contribution in [0.4, 0.5) is 0 Å². The maximum absolute atomic E-state index is 13.2. The fourth-order valence-corrected chi connectivity index (χ4v) is 4.85. The van der Waals surface area contributed by atoms with E-state index in [1.54, 1.807) is 0 Å². The molecule has 0 radical (unpaired) electrons. The smallest absolute Gasteiger partial charge is 0.263 e. The zero-order chi connectivity index (χ0) is 17.9. The Bertz CT molecular complexity index is 754. The van der Waals surface area contributed by atoms with Crippen molar-refractivity contribution in [3.8, 4) is 0 Å². The highest BCUT2D eigenvalue weighted by Crippen LogP contribution is 2.35. The Hall–Kier alpha value is -2.14. The minimum atomic E-state index is -0.139. The van der Waals surface area contributed by atoms with Crippen LogP contribution in [-0.4, -0.2) is 47.8 Å². The Kier molecular flexibility index (Phi) is 5.07. The second-order valence-corrected chi connectivity index (χ2v) is 8.14. The number of benzene rings is 1. The molecule has 2 atom stereocenters. The predicted octanol–water partition coefficient (Wildman–Crippen LogP) is 3.62. The van der Waals surface area contributed by atoms with Gasteiger partial charge in [0.25, 0.3) is 5.91 Å². The Balaban J connectivity index is 1.58. The van der Waals surface area contributed by atoms with Crippen molar-refractivity contribution < 1.29 is 9.59 Å². The molecular formula is C21H24N2O2S. The van der Waals surface area contributed by atoms with Crippen LogP contribution in [0.1, 0.15) is 40.4 Å². The van der Waals surface area contributed by atoms with Gasteiger partial charge in [-0.1, -0.05) is 36.4 Å². The van der Waals surface area contributed by atoms with E-state index in [2.05, 4.69) is 12.1 Å². The van der Waals surface area contributed by atoms with E-state index < -0.39 is 0 Å². The number of likely N-dealkylation sites (tertiary alicyclic amines) is 2. The van der Waals surface area contributed by atoms with Crippen LogP contribution in [0.15, 0.2) is 47.8 Å². The average Bonchev–Trinajstić information content (AvgIpc) is 3.38. The van der Waals surface area contributed by atoms with Crippen molar-refractivity contribution in [3.05, 3.63) is 58.3 Å². The largest absolute Gasteiger partial charge is 0.342 e. The van der Waals surface area contributed by atoms with Crippen LogP contribution in [-0.2, 0) is 4.79 Å². The van der Waals surface area contributed by atoms with E-state index in [0.29, 0.717) is 13.1 Å². The molecule has 4 nitrogen and oxygen atoms in total. The first-order valence-electron chi connectivity index (χ1n) is 9.40. The molecule has 0 bridgehead atoms. The third kappa shape index (κ3) is 3.40. The van der Waals surface area contributed by atoms with Crippen LogP contribution in [0.5, 0.6) is 0 Å². The number of hydrogen-bond donors (Lipinski definition) is 0. The summed E-state index contributed by atoms with van der Waals surface area (Å²) in [6.45, 7) is 2.85. The SMILES string of the molecule is O=C(c1cccs1)N1CC(C(=O)N2CCCCC2)C(c2ccccc2)C1. The van der Waals surface area contributed by atoms with Crippen LogP contribution >= 0.6 is 11.3 Å². The highest BCUT2D eigenvalue weighted by Gasteiger charge is 2.42. The van der Waals surface area contributed by atoms with Crippen molar-refractivity contribution in [1.29, 1.82) is 0 Å². The zero-order valence-electron chi connectivity index (χ0n) is 14.8. The summed E-state index contributed by atoms with van der Waals surface area (Å²) in [6.07, 6.45) is 3.39. The Morgan fingerprint density at radius 3 is 2.35 bits per heavy atom. The first-order valence-corrected chi connectivity index (χ1v) is 10.3. The molecule has 2 aromatic rings. The molecule has 26 heavy (non-hydrogen) atoms. The molecule has 2 saturated heterocycles. The lowest BCUT2D eigenvalue weighted by atomic mass is 9.87. The number of piperidine rings is 1. The number of rotatable bonds is 3. The second kappa shape index (κ2) is 7.62. The summed E-state index contributed by atoms with van der Waals surface area (Å²) in [5.74, 6) is 0.212. The highest BCUT2D eigenvalue weighted by atomic mass is 32.1. The summed E-state index contributed by atoms with van der Waals surface area (Å²) >= 11 is 1.47. The molecule has 0 N–H and O–H groups in total. The van der Waals surface area contributed by atoms with Gasteiger partial charge >= 0.3 is 0 Å². The molecule has 2 aliphatic heterocycles.